The molecule has 2 saturated heterocycles. The molecule has 0 spiro atoms. The van der Waals surface area contributed by atoms with Gasteiger partial charge in [-0.15, -0.1) is 0 Å². The van der Waals surface area contributed by atoms with Gasteiger partial charge in [0.15, 0.2) is 5.82 Å². The van der Waals surface area contributed by atoms with Crippen LogP contribution in [0.2, 0.25) is 5.02 Å². The van der Waals surface area contributed by atoms with Gasteiger partial charge in [0, 0.05) is 63.6 Å². The Labute approximate surface area is 300 Å². The lowest BCUT2D eigenvalue weighted by Crippen LogP contribution is -2.52. The summed E-state index contributed by atoms with van der Waals surface area (Å²) < 4.78 is 34.5. The van der Waals surface area contributed by atoms with Crippen LogP contribution in [0.4, 0.5) is 34.5 Å². The highest BCUT2D eigenvalue weighted by molar-refractivity contribution is 7.92. The molecule has 0 aliphatic carbocycles. The number of benzene rings is 3. The summed E-state index contributed by atoms with van der Waals surface area (Å²) in [6, 6.07) is 22.2. The van der Waals surface area contributed by atoms with Crippen molar-refractivity contribution in [3.8, 4) is 5.75 Å². The minimum Gasteiger partial charge on any atom is -0.494 e. The van der Waals surface area contributed by atoms with Crippen molar-refractivity contribution >= 4 is 56.1 Å². The quantitative estimate of drug-likeness (QED) is 0.199. The number of sulfonamides is 1. The van der Waals surface area contributed by atoms with Gasteiger partial charge in [-0.25, -0.2) is 13.4 Å². The predicted molar refractivity (Wildman–Crippen MR) is 202 cm³/mol. The summed E-state index contributed by atoms with van der Waals surface area (Å²) in [6.45, 7) is 7.01. The van der Waals surface area contributed by atoms with Gasteiger partial charge >= 0.3 is 0 Å². The van der Waals surface area contributed by atoms with E-state index < -0.39 is 10.0 Å². The van der Waals surface area contributed by atoms with Gasteiger partial charge in [0.2, 0.25) is 16.0 Å². The number of piperazine rings is 1. The van der Waals surface area contributed by atoms with Crippen molar-refractivity contribution in [2.75, 3.05) is 85.6 Å². The average molecular weight is 717 g/mol. The molecule has 0 amide bonds. The second kappa shape index (κ2) is 15.0. The first-order chi connectivity index (χ1) is 24.3. The SMILES string of the molecule is COc1cc(N2CCC(N3CCN(C)CC3)CC2)ccc1Nc1ncc(Cl)c(Nc2cccc3c2N(S(=O)(=O)CCc2ccccc2)CC3)n1. The number of methoxy groups -OCH3 is 1. The summed E-state index contributed by atoms with van der Waals surface area (Å²) in [4.78, 5) is 16.6. The van der Waals surface area contributed by atoms with Gasteiger partial charge in [-0.3, -0.25) is 9.21 Å². The molecule has 0 unspecified atom stereocenters. The lowest BCUT2D eigenvalue weighted by Gasteiger charge is -2.42. The van der Waals surface area contributed by atoms with Crippen LogP contribution in [-0.2, 0) is 22.9 Å². The third kappa shape index (κ3) is 7.63. The minimum atomic E-state index is -3.58. The van der Waals surface area contributed by atoms with Crippen LogP contribution in [0, 0.1) is 0 Å². The molecule has 3 aromatic carbocycles. The largest absolute Gasteiger partial charge is 0.494 e. The number of rotatable bonds is 11. The van der Waals surface area contributed by atoms with Crippen molar-refractivity contribution < 1.29 is 13.2 Å². The van der Waals surface area contributed by atoms with Crippen molar-refractivity contribution in [2.24, 2.45) is 0 Å². The number of hydrogen-bond donors (Lipinski definition) is 2. The number of para-hydroxylation sites is 1. The van der Waals surface area contributed by atoms with Crippen LogP contribution in [0.15, 0.2) is 72.9 Å². The normalized spacial score (nSPS) is 17.5. The van der Waals surface area contributed by atoms with Gasteiger partial charge in [-0.1, -0.05) is 54.1 Å². The van der Waals surface area contributed by atoms with Crippen LogP contribution < -0.4 is 24.6 Å². The van der Waals surface area contributed by atoms with Crippen LogP contribution in [0.5, 0.6) is 5.75 Å². The van der Waals surface area contributed by atoms with Gasteiger partial charge in [-0.05, 0) is 62.1 Å². The molecule has 0 radical (unpaired) electrons. The molecule has 0 atom stereocenters. The summed E-state index contributed by atoms with van der Waals surface area (Å²) in [6.07, 6.45) is 4.91. The van der Waals surface area contributed by atoms with Gasteiger partial charge < -0.3 is 25.2 Å². The Kier molecular flexibility index (Phi) is 10.3. The van der Waals surface area contributed by atoms with Gasteiger partial charge in [0.05, 0.1) is 36.1 Å². The Hall–Kier alpha value is -4.10. The molecule has 50 heavy (non-hydrogen) atoms. The molecule has 7 rings (SSSR count). The molecule has 13 heteroatoms. The number of halogens is 1. The number of hydrogen-bond acceptors (Lipinski definition) is 10. The maximum Gasteiger partial charge on any atom is 0.235 e. The standard InChI is InChI=1S/C37H45ClN8O3S/c1-43-20-22-45(23-21-43)29-14-17-44(18-15-29)30-11-12-32(34(25-30)49-2)41-37-39-26-31(38)36(42-37)40-33-10-6-9-28-13-19-46(35(28)33)50(47,48)24-16-27-7-4-3-5-8-27/h3-12,25-26,29H,13-24H2,1-2H3,(H2,39,40,41,42). The summed E-state index contributed by atoms with van der Waals surface area (Å²) in [5, 5.41) is 6.92. The van der Waals surface area contributed by atoms with E-state index in [1.807, 2.05) is 54.6 Å². The van der Waals surface area contributed by atoms with Crippen LogP contribution >= 0.6 is 11.6 Å². The molecular weight excluding hydrogens is 672 g/mol. The van der Waals surface area contributed by atoms with E-state index in [0.29, 0.717) is 59.3 Å². The van der Waals surface area contributed by atoms with E-state index in [1.165, 1.54) is 10.5 Å². The monoisotopic (exact) mass is 716 g/mol. The van der Waals surface area contributed by atoms with E-state index in [0.717, 1.165) is 74.6 Å². The van der Waals surface area contributed by atoms with Crippen LogP contribution in [0.1, 0.15) is 24.0 Å². The Bertz CT molecular complexity index is 1900. The molecule has 1 aromatic heterocycles. The van der Waals surface area contributed by atoms with Crippen molar-refractivity contribution in [1.82, 2.24) is 19.8 Å². The van der Waals surface area contributed by atoms with Crippen molar-refractivity contribution in [1.29, 1.82) is 0 Å². The number of fused-ring (bicyclic) bond motifs is 1. The third-order valence-corrected chi connectivity index (χ3v) is 12.1. The highest BCUT2D eigenvalue weighted by atomic mass is 35.5. The lowest BCUT2D eigenvalue weighted by atomic mass is 10.0. The first kappa shape index (κ1) is 34.4. The third-order valence-electron chi connectivity index (χ3n) is 10.1. The van der Waals surface area contributed by atoms with Gasteiger partial charge in [0.25, 0.3) is 0 Å². The Balaban J connectivity index is 1.04. The maximum absolute atomic E-state index is 13.6. The first-order valence-electron chi connectivity index (χ1n) is 17.4. The molecule has 3 aliphatic rings. The van der Waals surface area contributed by atoms with E-state index in [4.69, 9.17) is 16.3 Å². The number of nitrogens with zero attached hydrogens (tertiary/aromatic N) is 6. The predicted octanol–water partition coefficient (Wildman–Crippen LogP) is 5.78. The molecule has 0 bridgehead atoms. The fraction of sp³-hybridized carbons (Fsp3) is 0.405. The number of aryl methyl sites for hydroxylation is 1. The van der Waals surface area contributed by atoms with E-state index in [-0.39, 0.29) is 5.75 Å². The fourth-order valence-electron chi connectivity index (χ4n) is 7.22. The number of aromatic nitrogens is 2. The fourth-order valence-corrected chi connectivity index (χ4v) is 8.94. The summed E-state index contributed by atoms with van der Waals surface area (Å²) >= 11 is 6.59. The molecule has 264 valence electrons. The zero-order valence-corrected chi connectivity index (χ0v) is 30.3. The van der Waals surface area contributed by atoms with Gasteiger partial charge in [-0.2, -0.15) is 4.98 Å². The number of ether oxygens (including phenoxy) is 1. The molecule has 4 heterocycles. The molecule has 3 aliphatic heterocycles. The maximum atomic E-state index is 13.6. The van der Waals surface area contributed by atoms with Crippen molar-refractivity contribution in [2.45, 2.75) is 31.7 Å². The molecule has 11 nitrogen and oxygen atoms in total. The Morgan fingerprint density at radius 2 is 1.68 bits per heavy atom. The average Bonchev–Trinajstić information content (AvgIpc) is 3.60. The van der Waals surface area contributed by atoms with E-state index >= 15 is 0 Å². The Morgan fingerprint density at radius 1 is 0.900 bits per heavy atom. The zero-order chi connectivity index (χ0) is 34.7. The second-order valence-corrected chi connectivity index (χ2v) is 15.7. The first-order valence-corrected chi connectivity index (χ1v) is 19.3. The highest BCUT2D eigenvalue weighted by Crippen LogP contribution is 2.40. The Morgan fingerprint density at radius 3 is 2.44 bits per heavy atom. The van der Waals surface area contributed by atoms with Crippen LogP contribution in [-0.4, -0.2) is 100.0 Å². The second-order valence-electron chi connectivity index (χ2n) is 13.3. The molecule has 2 N–H and O–H groups in total. The topological polar surface area (TPSA) is 106 Å². The molecule has 0 saturated carbocycles. The minimum absolute atomic E-state index is 0.0165. The van der Waals surface area contributed by atoms with E-state index in [1.54, 1.807) is 7.11 Å². The molecule has 4 aromatic rings. The zero-order valence-electron chi connectivity index (χ0n) is 28.7. The number of anilines is 6. The summed E-state index contributed by atoms with van der Waals surface area (Å²) in [5.74, 6) is 1.40. The smallest absolute Gasteiger partial charge is 0.235 e. The summed E-state index contributed by atoms with van der Waals surface area (Å²) in [5.41, 5.74) is 5.05. The summed E-state index contributed by atoms with van der Waals surface area (Å²) in [7, 11) is 0.284. The lowest BCUT2D eigenvalue weighted by molar-refractivity contribution is 0.0982. The number of piperidine rings is 1. The van der Waals surface area contributed by atoms with Crippen LogP contribution in [0.3, 0.4) is 0 Å². The number of nitrogens with one attached hydrogen (secondary N) is 2. The van der Waals surface area contributed by atoms with E-state index in [9.17, 15) is 8.42 Å². The molecule has 2 fully saturated rings. The van der Waals surface area contributed by atoms with Crippen LogP contribution in [0.25, 0.3) is 0 Å². The van der Waals surface area contributed by atoms with Gasteiger partial charge in [0.1, 0.15) is 10.8 Å². The van der Waals surface area contributed by atoms with Crippen molar-refractivity contribution in [3.63, 3.8) is 0 Å². The molecular formula is C37H45ClN8O3S. The highest BCUT2D eigenvalue weighted by Gasteiger charge is 2.32. The number of likely N-dealkylation sites (N-methyl/N-ethyl adjacent to an activating group) is 1. The van der Waals surface area contributed by atoms with E-state index in [2.05, 4.69) is 54.5 Å². The van der Waals surface area contributed by atoms with Crippen molar-refractivity contribution in [3.05, 3.63) is 89.1 Å².